The molecule has 1 aliphatic carbocycles. The largest absolute Gasteiger partial charge is 0.353 e. The second kappa shape index (κ2) is 8.11. The lowest BCUT2D eigenvalue weighted by molar-refractivity contribution is 0.192. The number of hydrogen-bond donors (Lipinski definition) is 0. The van der Waals surface area contributed by atoms with Crippen LogP contribution >= 0.6 is 11.5 Å². The number of rotatable bonds is 5. The third-order valence-corrected chi connectivity index (χ3v) is 5.96. The van der Waals surface area contributed by atoms with E-state index < -0.39 is 0 Å². The summed E-state index contributed by atoms with van der Waals surface area (Å²) in [7, 11) is 0. The van der Waals surface area contributed by atoms with E-state index in [0.29, 0.717) is 0 Å². The Labute approximate surface area is 144 Å². The fourth-order valence-corrected chi connectivity index (χ4v) is 4.52. The number of hydrogen-bond acceptors (Lipinski definition) is 4. The highest BCUT2D eigenvalue weighted by Gasteiger charge is 2.24. The zero-order valence-electron chi connectivity index (χ0n) is 14.3. The molecule has 0 radical (unpaired) electrons. The first kappa shape index (κ1) is 16.7. The molecule has 23 heavy (non-hydrogen) atoms. The lowest BCUT2D eigenvalue weighted by Gasteiger charge is -2.37. The fourth-order valence-electron chi connectivity index (χ4n) is 3.83. The highest BCUT2D eigenvalue weighted by atomic mass is 32.1. The molecule has 1 aromatic heterocycles. The van der Waals surface area contributed by atoms with E-state index in [1.165, 1.54) is 68.0 Å². The minimum atomic E-state index is 0.947. The Hall–Kier alpha value is -1.13. The molecule has 3 rings (SSSR count). The first-order valence-corrected chi connectivity index (χ1v) is 9.78. The van der Waals surface area contributed by atoms with Gasteiger partial charge in [0.05, 0.1) is 0 Å². The van der Waals surface area contributed by atoms with Gasteiger partial charge in [-0.3, -0.25) is 4.90 Å². The van der Waals surface area contributed by atoms with Gasteiger partial charge in [-0.2, -0.15) is 4.37 Å². The zero-order valence-corrected chi connectivity index (χ0v) is 15.2. The van der Waals surface area contributed by atoms with Crippen LogP contribution < -0.4 is 4.90 Å². The number of piperazine rings is 1. The van der Waals surface area contributed by atoms with Crippen molar-refractivity contribution < 1.29 is 0 Å². The van der Waals surface area contributed by atoms with Crippen molar-refractivity contribution in [3.05, 3.63) is 29.2 Å². The molecule has 1 aliphatic heterocycles. The number of aromatic nitrogens is 1. The fraction of sp³-hybridized carbons (Fsp3) is 0.632. The van der Waals surface area contributed by atoms with Gasteiger partial charge in [-0.15, -0.1) is 0 Å². The molecule has 0 amide bonds. The van der Waals surface area contributed by atoms with Crippen LogP contribution in [0.2, 0.25) is 0 Å². The maximum Gasteiger partial charge on any atom is 0.149 e. The molecule has 126 valence electrons. The maximum atomic E-state index is 4.70. The summed E-state index contributed by atoms with van der Waals surface area (Å²) in [5.41, 5.74) is 1.27. The van der Waals surface area contributed by atoms with E-state index in [4.69, 9.17) is 4.37 Å². The predicted molar refractivity (Wildman–Crippen MR) is 101 cm³/mol. The van der Waals surface area contributed by atoms with Crippen LogP contribution in [-0.2, 0) is 0 Å². The molecule has 0 unspecified atom stereocenters. The van der Waals surface area contributed by atoms with Crippen molar-refractivity contribution in [3.8, 4) is 0 Å². The van der Waals surface area contributed by atoms with Gasteiger partial charge in [0.15, 0.2) is 0 Å². The summed E-state index contributed by atoms with van der Waals surface area (Å²) in [5.74, 6) is 2.12. The Morgan fingerprint density at radius 3 is 2.61 bits per heavy atom. The second-order valence-corrected chi connectivity index (χ2v) is 7.84. The number of allylic oxidation sites excluding steroid dienone is 2. The Morgan fingerprint density at radius 2 is 1.91 bits per heavy atom. The van der Waals surface area contributed by atoms with Crippen molar-refractivity contribution in [1.82, 2.24) is 9.27 Å². The minimum Gasteiger partial charge on any atom is -0.353 e. The summed E-state index contributed by atoms with van der Waals surface area (Å²) in [6, 6.07) is 0. The zero-order chi connectivity index (χ0) is 16.1. The van der Waals surface area contributed by atoms with Crippen molar-refractivity contribution in [2.24, 2.45) is 5.92 Å². The summed E-state index contributed by atoms with van der Waals surface area (Å²) in [6.45, 7) is 11.8. The number of aryl methyl sites for hydroxylation is 1. The average molecular weight is 332 g/mol. The van der Waals surface area contributed by atoms with E-state index in [1.807, 2.05) is 12.2 Å². The highest BCUT2D eigenvalue weighted by molar-refractivity contribution is 7.06. The molecule has 0 N–H and O–H groups in total. The van der Waals surface area contributed by atoms with Crippen molar-refractivity contribution >= 4 is 23.4 Å². The molecule has 0 aromatic carbocycles. The third-order valence-electron chi connectivity index (χ3n) is 5.20. The third kappa shape index (κ3) is 4.24. The Bertz CT molecular complexity index is 535. The van der Waals surface area contributed by atoms with Gasteiger partial charge in [-0.1, -0.05) is 44.1 Å². The first-order chi connectivity index (χ1) is 11.3. The van der Waals surface area contributed by atoms with E-state index in [0.717, 1.165) is 19.0 Å². The second-order valence-electron chi connectivity index (χ2n) is 6.86. The van der Waals surface area contributed by atoms with Gasteiger partial charge in [0.25, 0.3) is 0 Å². The van der Waals surface area contributed by atoms with Gasteiger partial charge in [0.1, 0.15) is 5.82 Å². The molecule has 4 heteroatoms. The van der Waals surface area contributed by atoms with Crippen LogP contribution in [0.3, 0.4) is 0 Å². The molecular formula is C19H29N3S. The lowest BCUT2D eigenvalue weighted by Crippen LogP contribution is -2.48. The molecule has 2 fully saturated rings. The molecule has 0 bridgehead atoms. The molecule has 2 aliphatic rings. The first-order valence-electron chi connectivity index (χ1n) is 9.00. The van der Waals surface area contributed by atoms with Crippen LogP contribution in [0.25, 0.3) is 6.08 Å². The minimum absolute atomic E-state index is 0.947. The highest BCUT2D eigenvalue weighted by Crippen LogP contribution is 2.29. The lowest BCUT2D eigenvalue weighted by atomic mass is 9.89. The predicted octanol–water partition coefficient (Wildman–Crippen LogP) is 4.35. The quantitative estimate of drug-likeness (QED) is 0.748. The van der Waals surface area contributed by atoms with Gasteiger partial charge in [-0.25, -0.2) is 0 Å². The van der Waals surface area contributed by atoms with Crippen molar-refractivity contribution in [3.63, 3.8) is 0 Å². The Kier molecular flexibility index (Phi) is 5.90. The van der Waals surface area contributed by atoms with Crippen LogP contribution in [0.4, 0.5) is 5.82 Å². The van der Waals surface area contributed by atoms with E-state index in [1.54, 1.807) is 11.5 Å². The van der Waals surface area contributed by atoms with E-state index in [-0.39, 0.29) is 0 Å². The van der Waals surface area contributed by atoms with Crippen molar-refractivity contribution in [1.29, 1.82) is 0 Å². The molecule has 1 aromatic rings. The van der Waals surface area contributed by atoms with E-state index >= 15 is 0 Å². The summed E-state index contributed by atoms with van der Waals surface area (Å²) in [5, 5.41) is 0. The van der Waals surface area contributed by atoms with Crippen LogP contribution in [0.15, 0.2) is 18.7 Å². The SMILES string of the molecule is C=C/C=C\c1c(N2CCN(CC3CCCCC3)CC2)nsc1C. The summed E-state index contributed by atoms with van der Waals surface area (Å²) >= 11 is 1.61. The van der Waals surface area contributed by atoms with Crippen LogP contribution in [0.5, 0.6) is 0 Å². The average Bonchev–Trinajstić information content (AvgIpc) is 2.95. The van der Waals surface area contributed by atoms with Crippen LogP contribution in [-0.4, -0.2) is 42.0 Å². The molecule has 1 saturated carbocycles. The standard InChI is InChI=1S/C19H29N3S/c1-3-4-10-18-16(2)23-20-19(18)22-13-11-21(12-14-22)15-17-8-6-5-7-9-17/h3-4,10,17H,1,5-9,11-15H2,2H3/b10-4-. The van der Waals surface area contributed by atoms with Gasteiger partial charge in [-0.05, 0) is 37.2 Å². The normalized spacial score (nSPS) is 21.2. The summed E-state index contributed by atoms with van der Waals surface area (Å²) in [4.78, 5) is 6.43. The van der Waals surface area contributed by atoms with E-state index in [9.17, 15) is 0 Å². The van der Waals surface area contributed by atoms with E-state index in [2.05, 4.69) is 29.4 Å². The molecule has 0 spiro atoms. The van der Waals surface area contributed by atoms with Gasteiger partial charge >= 0.3 is 0 Å². The van der Waals surface area contributed by atoms with Gasteiger partial charge < -0.3 is 4.90 Å². The van der Waals surface area contributed by atoms with Gasteiger partial charge in [0, 0.05) is 43.2 Å². The molecule has 3 nitrogen and oxygen atoms in total. The molecule has 2 heterocycles. The van der Waals surface area contributed by atoms with Crippen molar-refractivity contribution in [2.75, 3.05) is 37.6 Å². The Morgan fingerprint density at radius 1 is 1.17 bits per heavy atom. The van der Waals surface area contributed by atoms with Gasteiger partial charge in [0.2, 0.25) is 0 Å². The summed E-state index contributed by atoms with van der Waals surface area (Å²) < 4.78 is 4.70. The monoisotopic (exact) mass is 331 g/mol. The maximum absolute atomic E-state index is 4.70. The summed E-state index contributed by atoms with van der Waals surface area (Å²) in [6.07, 6.45) is 13.2. The topological polar surface area (TPSA) is 19.4 Å². The smallest absolute Gasteiger partial charge is 0.149 e. The number of nitrogens with zero attached hydrogens (tertiary/aromatic N) is 3. The number of anilines is 1. The molecule has 0 atom stereocenters. The van der Waals surface area contributed by atoms with Crippen LogP contribution in [0.1, 0.15) is 42.5 Å². The molecule has 1 saturated heterocycles. The molecular weight excluding hydrogens is 302 g/mol. The Balaban J connectivity index is 1.56. The van der Waals surface area contributed by atoms with Crippen LogP contribution in [0, 0.1) is 12.8 Å². The van der Waals surface area contributed by atoms with Crippen molar-refractivity contribution in [2.45, 2.75) is 39.0 Å².